The molecule has 28 heavy (non-hydrogen) atoms. The fourth-order valence-electron chi connectivity index (χ4n) is 2.54. The van der Waals surface area contributed by atoms with Crippen LogP contribution in [0.15, 0.2) is 95.7 Å². The number of para-hydroxylation sites is 1. The molecule has 0 radical (unpaired) electrons. The number of ether oxygens (including phenoxy) is 2. The zero-order valence-electron chi connectivity index (χ0n) is 16.6. The lowest BCUT2D eigenvalue weighted by atomic mass is 10.2. The summed E-state index contributed by atoms with van der Waals surface area (Å²) in [5.74, 6) is 2.05. The first kappa shape index (κ1) is 19.4. The molecule has 3 aromatic carbocycles. The van der Waals surface area contributed by atoms with E-state index in [2.05, 4.69) is 20.8 Å². The van der Waals surface area contributed by atoms with Crippen LogP contribution < -0.4 is 9.47 Å². The average Bonchev–Trinajstić information content (AvgIpc) is 2.72. The van der Waals surface area contributed by atoms with Crippen molar-refractivity contribution in [1.82, 2.24) is 0 Å². The number of hydrogen-bond donors (Lipinski definition) is 0. The van der Waals surface area contributed by atoms with E-state index in [4.69, 9.17) is 14.5 Å². The molecule has 0 fully saturated rings. The quantitative estimate of drug-likeness (QED) is 0.271. The van der Waals surface area contributed by atoms with E-state index in [0.717, 1.165) is 29.2 Å². The smallest absolute Gasteiger partial charge is 0.226 e. The molecule has 0 heterocycles. The van der Waals surface area contributed by atoms with Gasteiger partial charge >= 0.3 is 0 Å². The van der Waals surface area contributed by atoms with Crippen molar-refractivity contribution < 1.29 is 9.47 Å². The maximum Gasteiger partial charge on any atom is 0.226 e. The van der Waals surface area contributed by atoms with E-state index < -0.39 is 0 Å². The molecule has 3 heteroatoms. The lowest BCUT2D eigenvalue weighted by Gasteiger charge is -2.12. The molecule has 0 unspecified atom stereocenters. The second kappa shape index (κ2) is 9.56. The van der Waals surface area contributed by atoms with Gasteiger partial charge in [-0.05, 0) is 56.7 Å². The van der Waals surface area contributed by atoms with Crippen molar-refractivity contribution in [2.45, 2.75) is 27.2 Å². The number of benzene rings is 3. The number of hydrogen-bond acceptors (Lipinski definition) is 3. The van der Waals surface area contributed by atoms with Crippen LogP contribution in [0, 0.1) is 13.8 Å². The van der Waals surface area contributed by atoms with E-state index in [-0.39, 0.29) is 0 Å². The summed E-state index contributed by atoms with van der Waals surface area (Å²) in [6, 6.07) is 25.7. The van der Waals surface area contributed by atoms with Gasteiger partial charge in [-0.15, -0.1) is 0 Å². The van der Waals surface area contributed by atoms with Crippen LogP contribution in [0.1, 0.15) is 24.5 Å². The van der Waals surface area contributed by atoms with Gasteiger partial charge in [-0.2, -0.15) is 0 Å². The minimum atomic E-state index is 0.532. The molecule has 0 aliphatic heterocycles. The largest absolute Gasteiger partial charge is 0.465 e. The molecule has 0 bridgehead atoms. The highest BCUT2D eigenvalue weighted by atomic mass is 16.5. The lowest BCUT2D eigenvalue weighted by Crippen LogP contribution is -2.12. The van der Waals surface area contributed by atoms with E-state index in [1.807, 2.05) is 78.9 Å². The van der Waals surface area contributed by atoms with Crippen LogP contribution >= 0.6 is 0 Å². The number of rotatable bonds is 6. The predicted octanol–water partition coefficient (Wildman–Crippen LogP) is 6.79. The van der Waals surface area contributed by atoms with Crippen LogP contribution in [0.2, 0.25) is 0 Å². The highest BCUT2D eigenvalue weighted by Gasteiger charge is 2.10. The zero-order valence-corrected chi connectivity index (χ0v) is 16.6. The Kier molecular flexibility index (Phi) is 6.64. The van der Waals surface area contributed by atoms with Crippen molar-refractivity contribution in [2.75, 3.05) is 0 Å². The van der Waals surface area contributed by atoms with Crippen molar-refractivity contribution in [3.05, 3.63) is 102 Å². The molecule has 0 aliphatic carbocycles. The first-order chi connectivity index (χ1) is 13.6. The maximum atomic E-state index is 6.11. The van der Waals surface area contributed by atoms with Gasteiger partial charge in [0.1, 0.15) is 11.5 Å². The van der Waals surface area contributed by atoms with Crippen LogP contribution in [0.3, 0.4) is 0 Å². The first-order valence-electron chi connectivity index (χ1n) is 9.45. The molecule has 0 saturated carbocycles. The van der Waals surface area contributed by atoms with Crippen LogP contribution in [0.5, 0.6) is 11.5 Å². The third-order valence-corrected chi connectivity index (χ3v) is 4.24. The van der Waals surface area contributed by atoms with Crippen LogP contribution in [0.25, 0.3) is 0 Å². The molecule has 0 amide bonds. The molecular weight excluding hydrogens is 346 g/mol. The summed E-state index contributed by atoms with van der Waals surface area (Å²) in [5, 5.41) is 0. The SMILES string of the molecule is CC/C(=C\Oc1ccc(C)cc1)C(=Nc1ccc(C)cc1)Oc1ccccc1. The molecule has 0 saturated heterocycles. The summed E-state index contributed by atoms with van der Waals surface area (Å²) in [7, 11) is 0. The second-order valence-corrected chi connectivity index (χ2v) is 6.60. The number of nitrogens with zero attached hydrogens (tertiary/aromatic N) is 1. The Labute approximate surface area is 167 Å². The summed E-state index contributed by atoms with van der Waals surface area (Å²) in [6.07, 6.45) is 2.45. The molecular formula is C25H25NO2. The fourth-order valence-corrected chi connectivity index (χ4v) is 2.54. The molecule has 3 aromatic rings. The topological polar surface area (TPSA) is 30.8 Å². The van der Waals surface area contributed by atoms with Gasteiger partial charge < -0.3 is 9.47 Å². The Hall–Kier alpha value is -3.33. The van der Waals surface area contributed by atoms with Crippen LogP contribution in [-0.4, -0.2) is 5.90 Å². The van der Waals surface area contributed by atoms with Gasteiger partial charge in [-0.25, -0.2) is 4.99 Å². The molecule has 142 valence electrons. The van der Waals surface area contributed by atoms with Crippen molar-refractivity contribution in [3.8, 4) is 11.5 Å². The molecule has 3 rings (SSSR count). The lowest BCUT2D eigenvalue weighted by molar-refractivity contribution is 0.471. The minimum absolute atomic E-state index is 0.532. The number of aliphatic imine (C=N–C) groups is 1. The van der Waals surface area contributed by atoms with Crippen molar-refractivity contribution >= 4 is 11.6 Å². The normalized spacial score (nSPS) is 12.0. The van der Waals surface area contributed by atoms with Crippen molar-refractivity contribution in [1.29, 1.82) is 0 Å². The Morgan fingerprint density at radius 1 is 0.786 bits per heavy atom. The van der Waals surface area contributed by atoms with E-state index >= 15 is 0 Å². The van der Waals surface area contributed by atoms with Crippen LogP contribution in [-0.2, 0) is 0 Å². The van der Waals surface area contributed by atoms with Gasteiger partial charge in [-0.3, -0.25) is 0 Å². The van der Waals surface area contributed by atoms with Gasteiger partial charge in [-0.1, -0.05) is 60.5 Å². The molecule has 0 spiro atoms. The molecule has 0 atom stereocenters. The van der Waals surface area contributed by atoms with Crippen LogP contribution in [0.4, 0.5) is 5.69 Å². The highest BCUT2D eigenvalue weighted by Crippen LogP contribution is 2.20. The number of aryl methyl sites for hydroxylation is 2. The Morgan fingerprint density at radius 2 is 1.39 bits per heavy atom. The van der Waals surface area contributed by atoms with Gasteiger partial charge in [0.05, 0.1) is 11.9 Å². The van der Waals surface area contributed by atoms with Gasteiger partial charge in [0.2, 0.25) is 5.90 Å². The summed E-state index contributed by atoms with van der Waals surface area (Å²) in [6.45, 7) is 6.17. The zero-order chi connectivity index (χ0) is 19.8. The van der Waals surface area contributed by atoms with Gasteiger partial charge in [0, 0.05) is 5.57 Å². The third-order valence-electron chi connectivity index (χ3n) is 4.24. The predicted molar refractivity (Wildman–Crippen MR) is 116 cm³/mol. The molecule has 3 nitrogen and oxygen atoms in total. The summed E-state index contributed by atoms with van der Waals surface area (Å²) in [5.41, 5.74) is 4.11. The van der Waals surface area contributed by atoms with E-state index in [9.17, 15) is 0 Å². The molecule has 0 aliphatic rings. The van der Waals surface area contributed by atoms with E-state index in [1.165, 1.54) is 11.1 Å². The minimum Gasteiger partial charge on any atom is -0.465 e. The van der Waals surface area contributed by atoms with Crippen molar-refractivity contribution in [3.63, 3.8) is 0 Å². The highest BCUT2D eigenvalue weighted by molar-refractivity contribution is 5.96. The summed E-state index contributed by atoms with van der Waals surface area (Å²) >= 11 is 0. The van der Waals surface area contributed by atoms with Crippen molar-refractivity contribution in [2.24, 2.45) is 4.99 Å². The van der Waals surface area contributed by atoms with E-state index in [1.54, 1.807) is 6.26 Å². The standard InChI is InChI=1S/C25H25NO2/c1-4-21(18-27-23-16-12-20(3)13-17-23)25(28-24-8-6-5-7-9-24)26-22-14-10-19(2)11-15-22/h5-18H,4H2,1-3H3/b21-18+,26-25?. The Morgan fingerprint density at radius 3 is 2.00 bits per heavy atom. The van der Waals surface area contributed by atoms with Gasteiger partial charge in [0.25, 0.3) is 0 Å². The summed E-state index contributed by atoms with van der Waals surface area (Å²) in [4.78, 5) is 4.74. The van der Waals surface area contributed by atoms with E-state index in [0.29, 0.717) is 5.90 Å². The average molecular weight is 371 g/mol. The first-order valence-corrected chi connectivity index (χ1v) is 9.45. The Bertz CT molecular complexity index is 940. The Balaban J connectivity index is 1.91. The third kappa shape index (κ3) is 5.58. The maximum absolute atomic E-state index is 6.11. The fraction of sp³-hybridized carbons (Fsp3) is 0.160. The monoisotopic (exact) mass is 371 g/mol. The second-order valence-electron chi connectivity index (χ2n) is 6.60. The molecule has 0 N–H and O–H groups in total. The summed E-state index contributed by atoms with van der Waals surface area (Å²) < 4.78 is 12.0. The van der Waals surface area contributed by atoms with Gasteiger partial charge in [0.15, 0.2) is 0 Å². The molecule has 0 aromatic heterocycles.